The van der Waals surface area contributed by atoms with Gasteiger partial charge in [0.15, 0.2) is 0 Å². The molecular formula is C5H10NO2WY-. The van der Waals surface area contributed by atoms with E-state index in [9.17, 15) is 4.79 Å². The molecule has 0 aliphatic rings. The molecule has 5 heteroatoms. The van der Waals surface area contributed by atoms with Crippen molar-refractivity contribution in [2.24, 2.45) is 11.7 Å². The van der Waals surface area contributed by atoms with Crippen LogP contribution in [0.2, 0.25) is 0 Å². The summed E-state index contributed by atoms with van der Waals surface area (Å²) in [6.07, 6.45) is 0. The summed E-state index contributed by atoms with van der Waals surface area (Å²) in [7, 11) is 0. The summed E-state index contributed by atoms with van der Waals surface area (Å²) < 4.78 is 0. The van der Waals surface area contributed by atoms with Crippen molar-refractivity contribution in [3.05, 3.63) is 20.9 Å². The minimum absolute atomic E-state index is 0. The minimum atomic E-state index is -0.998. The molecule has 10 heavy (non-hydrogen) atoms. The van der Waals surface area contributed by atoms with Crippen LogP contribution in [0.5, 0.6) is 0 Å². The van der Waals surface area contributed by atoms with E-state index in [4.69, 9.17) is 10.8 Å². The van der Waals surface area contributed by atoms with Gasteiger partial charge >= 0.3 is 21.1 Å². The van der Waals surface area contributed by atoms with E-state index >= 15 is 0 Å². The van der Waals surface area contributed by atoms with Crippen molar-refractivity contribution >= 4 is 5.97 Å². The van der Waals surface area contributed by atoms with Gasteiger partial charge in [-0.05, 0) is 0 Å². The molecule has 57 valence electrons. The molecule has 0 aromatic rings. The number of carboxylic acid groups (broad SMARTS) is 1. The van der Waals surface area contributed by atoms with E-state index in [1.165, 1.54) is 0 Å². The van der Waals surface area contributed by atoms with Crippen LogP contribution in [0.1, 0.15) is 0 Å². The zero-order chi connectivity index (χ0) is 5.86. The Morgan fingerprint density at radius 1 is 1.70 bits per heavy atom. The van der Waals surface area contributed by atoms with Crippen LogP contribution < -0.4 is 5.73 Å². The molecule has 0 bridgehead atoms. The van der Waals surface area contributed by atoms with Crippen LogP contribution >= 0.6 is 0 Å². The first kappa shape index (κ1) is 22.5. The van der Waals surface area contributed by atoms with Crippen molar-refractivity contribution in [1.82, 2.24) is 0 Å². The molecule has 0 aromatic carbocycles. The molecule has 1 atom stereocenters. The van der Waals surface area contributed by atoms with Gasteiger partial charge in [0.25, 0.3) is 0 Å². The second kappa shape index (κ2) is 12.9. The molecule has 3 nitrogen and oxygen atoms in total. The monoisotopic (exact) mass is 389 g/mol. The molecular weight excluding hydrogens is 379 g/mol. The number of carboxylic acids is 1. The predicted molar refractivity (Wildman–Crippen MR) is 31.4 cm³/mol. The molecule has 3 N–H and O–H groups in total. The molecule has 1 unspecified atom stereocenters. The molecule has 0 saturated carbocycles. The summed E-state index contributed by atoms with van der Waals surface area (Å²) in [5.41, 5.74) is 4.80. The number of carbonyl (C=O) groups is 1. The Hall–Kier alpha value is 1.22. The molecule has 0 aliphatic carbocycles. The number of hydrogen-bond donors (Lipinski definition) is 2. The zero-order valence-electron chi connectivity index (χ0n) is 5.78. The fraction of sp³-hybridized carbons (Fsp3) is 0.200. The second-order valence-corrected chi connectivity index (χ2v) is 1.14. The van der Waals surface area contributed by atoms with Gasteiger partial charge < -0.3 is 25.2 Å². The van der Waals surface area contributed by atoms with Gasteiger partial charge in [0, 0.05) is 32.7 Å². The van der Waals surface area contributed by atoms with Crippen LogP contribution in [0.4, 0.5) is 0 Å². The third-order valence-electron chi connectivity index (χ3n) is 0.550. The number of aliphatic carboxylic acids is 1. The summed E-state index contributed by atoms with van der Waals surface area (Å²) in [5, 5.41) is 8.01. The van der Waals surface area contributed by atoms with Gasteiger partial charge in [-0.3, -0.25) is 11.3 Å². The quantitative estimate of drug-likeness (QED) is 0.659. The maximum atomic E-state index is 9.76. The maximum Gasteiger partial charge on any atom is 2.00 e. The first-order valence-corrected chi connectivity index (χ1v) is 1.79. The Balaban J connectivity index is -0.0000000600. The third-order valence-corrected chi connectivity index (χ3v) is 0.550. The van der Waals surface area contributed by atoms with E-state index in [0.29, 0.717) is 0 Å². The van der Waals surface area contributed by atoms with Gasteiger partial charge in [0.05, 0.1) is 0 Å². The molecule has 0 aliphatic heterocycles. The standard InChI is InChI=1S/C4H7NO2.CH3.W.Y/c1-3(2-5)4(6)7;;;/h2-3H,1,5H2,(H,6,7);1H3;;/q-2;-1;+2;. The predicted octanol–water partition coefficient (Wildman–Crippen LogP) is 0.0871. The molecule has 0 spiro atoms. The summed E-state index contributed by atoms with van der Waals surface area (Å²) in [6, 6.07) is 0. The Morgan fingerprint density at radius 3 is 2.00 bits per heavy atom. The molecule has 0 amide bonds. The number of rotatable bonds is 2. The topological polar surface area (TPSA) is 63.3 Å². The summed E-state index contributed by atoms with van der Waals surface area (Å²) in [5.74, 6) is -1.78. The van der Waals surface area contributed by atoms with Crippen molar-refractivity contribution in [1.29, 1.82) is 0 Å². The Morgan fingerprint density at radius 2 is 2.00 bits per heavy atom. The molecule has 0 aromatic heterocycles. The fourth-order valence-electron chi connectivity index (χ4n) is 0.0823. The van der Waals surface area contributed by atoms with E-state index < -0.39 is 11.9 Å². The van der Waals surface area contributed by atoms with Crippen molar-refractivity contribution in [2.45, 2.75) is 0 Å². The van der Waals surface area contributed by atoms with E-state index in [2.05, 4.69) is 6.92 Å². The zero-order valence-corrected chi connectivity index (χ0v) is 11.6. The minimum Gasteiger partial charge on any atom is -0.485 e. The second-order valence-electron chi connectivity index (χ2n) is 1.14. The first-order chi connectivity index (χ1) is 3.18. The SMILES string of the molecule is [CH2-]C([CH-]N)C(=O)O.[CH3-].[W+2].[Y]. The van der Waals surface area contributed by atoms with E-state index in [1.807, 2.05) is 0 Å². The maximum absolute atomic E-state index is 9.76. The summed E-state index contributed by atoms with van der Waals surface area (Å²) >= 11 is 0. The van der Waals surface area contributed by atoms with Crippen LogP contribution in [0.15, 0.2) is 0 Å². The van der Waals surface area contributed by atoms with Crippen molar-refractivity contribution in [3.63, 3.8) is 0 Å². The first-order valence-electron chi connectivity index (χ1n) is 1.79. The van der Waals surface area contributed by atoms with Gasteiger partial charge in [-0.1, -0.05) is 0 Å². The van der Waals surface area contributed by atoms with Gasteiger partial charge in [0.1, 0.15) is 0 Å². The van der Waals surface area contributed by atoms with Crippen LogP contribution in [0, 0.1) is 26.8 Å². The van der Waals surface area contributed by atoms with Crippen LogP contribution in [-0.2, 0) is 58.6 Å². The summed E-state index contributed by atoms with van der Waals surface area (Å²) in [4.78, 5) is 9.76. The van der Waals surface area contributed by atoms with Crippen molar-refractivity contribution < 1.29 is 63.7 Å². The average molecular weight is 389 g/mol. The van der Waals surface area contributed by atoms with Crippen LogP contribution in [0.3, 0.4) is 0 Å². The fourth-order valence-corrected chi connectivity index (χ4v) is 0.0823. The molecule has 0 rings (SSSR count). The van der Waals surface area contributed by atoms with Crippen LogP contribution in [0.25, 0.3) is 0 Å². The smallest absolute Gasteiger partial charge is 0.485 e. The Labute approximate surface area is 101 Å². The number of hydrogen-bond acceptors (Lipinski definition) is 2. The van der Waals surface area contributed by atoms with E-state index in [1.54, 1.807) is 0 Å². The largest absolute Gasteiger partial charge is 2.00 e. The van der Waals surface area contributed by atoms with E-state index in [-0.39, 0.29) is 61.2 Å². The average Bonchev–Trinajstić information content (AvgIpc) is 1.65. The molecule has 1 radical (unpaired) electrons. The van der Waals surface area contributed by atoms with Crippen molar-refractivity contribution in [3.8, 4) is 0 Å². The molecule has 0 saturated heterocycles. The van der Waals surface area contributed by atoms with E-state index in [0.717, 1.165) is 6.54 Å². The molecule has 0 heterocycles. The molecule has 0 fully saturated rings. The Bertz CT molecular complexity index is 82.0. The normalized spacial score (nSPS) is 9.40. The number of nitrogens with two attached hydrogens (primary N) is 1. The van der Waals surface area contributed by atoms with Crippen molar-refractivity contribution in [2.75, 3.05) is 0 Å². The van der Waals surface area contributed by atoms with Gasteiger partial charge in [-0.2, -0.15) is 5.92 Å². The third kappa shape index (κ3) is 12.0. The van der Waals surface area contributed by atoms with Gasteiger partial charge in [0.2, 0.25) is 5.97 Å². The van der Waals surface area contributed by atoms with Gasteiger partial charge in [-0.15, -0.1) is 0 Å². The Kier molecular flexibility index (Phi) is 28.9. The van der Waals surface area contributed by atoms with Crippen LogP contribution in [-0.4, -0.2) is 11.1 Å². The van der Waals surface area contributed by atoms with Gasteiger partial charge in [-0.25, -0.2) is 0 Å². The summed E-state index contributed by atoms with van der Waals surface area (Å²) in [6.45, 7) is 4.21.